The molecule has 0 aromatic heterocycles. The maximum Gasteiger partial charge on any atom is 0.301 e. The molecule has 3 N–H and O–H groups in total. The Morgan fingerprint density at radius 1 is 1.33 bits per heavy atom. The molecule has 0 saturated carbocycles. The average Bonchev–Trinajstić information content (AvgIpc) is 2.43. The van der Waals surface area contributed by atoms with Gasteiger partial charge in [-0.15, -0.1) is 0 Å². The first-order valence-electron chi connectivity index (χ1n) is 6.44. The lowest BCUT2D eigenvalue weighted by Gasteiger charge is -2.27. The number of rotatable bonds is 4. The van der Waals surface area contributed by atoms with Crippen molar-refractivity contribution in [2.75, 3.05) is 36.2 Å². The number of piperazine rings is 1. The molecule has 2 rings (SSSR count). The van der Waals surface area contributed by atoms with Crippen LogP contribution >= 0.6 is 0 Å². The molecule has 1 aliphatic heterocycles. The molecular formula is C12H17FN4O3S. The number of nitrogens with one attached hydrogen (secondary N) is 3. The van der Waals surface area contributed by atoms with E-state index < -0.39 is 16.0 Å². The lowest BCUT2D eigenvalue weighted by Crippen LogP contribution is -2.48. The SMILES string of the molecule is CC(=O)Nc1ccc(F)c(NS(=O)(=O)N2CCNCC2)c1. The molecule has 0 atom stereocenters. The summed E-state index contributed by atoms with van der Waals surface area (Å²) in [5.74, 6) is -1.03. The van der Waals surface area contributed by atoms with Crippen LogP contribution in [-0.2, 0) is 15.0 Å². The Balaban J connectivity index is 2.19. The number of amides is 1. The first kappa shape index (κ1) is 15.7. The molecule has 1 amide bonds. The Bertz CT molecular complexity index is 629. The number of carbonyl (C=O) groups excluding carboxylic acids is 1. The first-order chi connectivity index (χ1) is 9.88. The summed E-state index contributed by atoms with van der Waals surface area (Å²) in [6, 6.07) is 3.71. The maximum atomic E-state index is 13.7. The molecule has 1 saturated heterocycles. The number of benzene rings is 1. The predicted molar refractivity (Wildman–Crippen MR) is 77.7 cm³/mol. The number of carbonyl (C=O) groups is 1. The van der Waals surface area contributed by atoms with Crippen molar-refractivity contribution in [3.8, 4) is 0 Å². The maximum absolute atomic E-state index is 13.7. The molecule has 116 valence electrons. The molecule has 9 heteroatoms. The largest absolute Gasteiger partial charge is 0.326 e. The van der Waals surface area contributed by atoms with Crippen LogP contribution in [0.4, 0.5) is 15.8 Å². The van der Waals surface area contributed by atoms with Crippen molar-refractivity contribution in [1.82, 2.24) is 9.62 Å². The van der Waals surface area contributed by atoms with Crippen LogP contribution in [0.1, 0.15) is 6.92 Å². The van der Waals surface area contributed by atoms with Gasteiger partial charge in [0.05, 0.1) is 5.69 Å². The van der Waals surface area contributed by atoms with Gasteiger partial charge in [-0.2, -0.15) is 12.7 Å². The Morgan fingerprint density at radius 2 is 2.00 bits per heavy atom. The van der Waals surface area contributed by atoms with Crippen LogP contribution < -0.4 is 15.4 Å². The van der Waals surface area contributed by atoms with E-state index in [9.17, 15) is 17.6 Å². The predicted octanol–water partition coefficient (Wildman–Crippen LogP) is 0.346. The lowest BCUT2D eigenvalue weighted by atomic mass is 10.2. The zero-order chi connectivity index (χ0) is 15.5. The summed E-state index contributed by atoms with van der Waals surface area (Å²) in [5, 5.41) is 5.51. The third-order valence-corrected chi connectivity index (χ3v) is 4.46. The first-order valence-corrected chi connectivity index (χ1v) is 7.88. The van der Waals surface area contributed by atoms with Gasteiger partial charge in [-0.3, -0.25) is 9.52 Å². The zero-order valence-corrected chi connectivity index (χ0v) is 12.3. The second-order valence-corrected chi connectivity index (χ2v) is 6.30. The normalized spacial score (nSPS) is 16.5. The number of hydrogen-bond donors (Lipinski definition) is 3. The van der Waals surface area contributed by atoms with Crippen LogP contribution in [0.3, 0.4) is 0 Å². The highest BCUT2D eigenvalue weighted by atomic mass is 32.2. The Labute approximate surface area is 122 Å². The minimum atomic E-state index is -3.81. The van der Waals surface area contributed by atoms with Gasteiger partial charge in [-0.25, -0.2) is 4.39 Å². The molecule has 1 aliphatic rings. The summed E-state index contributed by atoms with van der Waals surface area (Å²) >= 11 is 0. The Kier molecular flexibility index (Phi) is 4.76. The van der Waals surface area contributed by atoms with E-state index in [4.69, 9.17) is 0 Å². The number of halogens is 1. The summed E-state index contributed by atoms with van der Waals surface area (Å²) in [5.41, 5.74) is 0.127. The van der Waals surface area contributed by atoms with E-state index in [1.165, 1.54) is 23.4 Å². The number of nitrogens with zero attached hydrogens (tertiary/aromatic N) is 1. The smallest absolute Gasteiger partial charge is 0.301 e. The van der Waals surface area contributed by atoms with Crippen LogP contribution in [0.2, 0.25) is 0 Å². The second-order valence-electron chi connectivity index (χ2n) is 4.63. The highest BCUT2D eigenvalue weighted by Crippen LogP contribution is 2.21. The average molecular weight is 316 g/mol. The fourth-order valence-corrected chi connectivity index (χ4v) is 3.20. The van der Waals surface area contributed by atoms with Gasteiger partial charge >= 0.3 is 10.2 Å². The van der Waals surface area contributed by atoms with Crippen LogP contribution in [-0.4, -0.2) is 44.8 Å². The van der Waals surface area contributed by atoms with Gasteiger partial charge in [0.1, 0.15) is 5.82 Å². The van der Waals surface area contributed by atoms with Crippen LogP contribution in [0, 0.1) is 5.82 Å². The Hall–Kier alpha value is -1.71. The molecule has 7 nitrogen and oxygen atoms in total. The van der Waals surface area contributed by atoms with Crippen molar-refractivity contribution in [3.63, 3.8) is 0 Å². The molecule has 0 radical (unpaired) electrons. The fourth-order valence-electron chi connectivity index (χ4n) is 1.97. The molecule has 1 aromatic rings. The van der Waals surface area contributed by atoms with E-state index in [0.29, 0.717) is 31.9 Å². The second kappa shape index (κ2) is 6.37. The van der Waals surface area contributed by atoms with Crippen molar-refractivity contribution >= 4 is 27.5 Å². The van der Waals surface area contributed by atoms with Crippen LogP contribution in [0.25, 0.3) is 0 Å². The summed E-state index contributed by atoms with van der Waals surface area (Å²) in [6.07, 6.45) is 0. The molecule has 1 aromatic carbocycles. The van der Waals surface area contributed by atoms with Gasteiger partial charge < -0.3 is 10.6 Å². The zero-order valence-electron chi connectivity index (χ0n) is 11.5. The monoisotopic (exact) mass is 316 g/mol. The molecular weight excluding hydrogens is 299 g/mol. The molecule has 0 spiro atoms. The lowest BCUT2D eigenvalue weighted by molar-refractivity contribution is -0.114. The molecule has 0 unspecified atom stereocenters. The molecule has 0 bridgehead atoms. The van der Waals surface area contributed by atoms with E-state index in [2.05, 4.69) is 15.4 Å². The third kappa shape index (κ3) is 4.13. The van der Waals surface area contributed by atoms with Crippen molar-refractivity contribution in [2.24, 2.45) is 0 Å². The minimum Gasteiger partial charge on any atom is -0.326 e. The van der Waals surface area contributed by atoms with Crippen LogP contribution in [0.15, 0.2) is 18.2 Å². The van der Waals surface area contributed by atoms with Crippen molar-refractivity contribution < 1.29 is 17.6 Å². The van der Waals surface area contributed by atoms with E-state index in [0.717, 1.165) is 6.07 Å². The van der Waals surface area contributed by atoms with Gasteiger partial charge in [-0.1, -0.05) is 0 Å². The van der Waals surface area contributed by atoms with Gasteiger partial charge in [0.25, 0.3) is 0 Å². The molecule has 0 aliphatic carbocycles. The van der Waals surface area contributed by atoms with E-state index in [-0.39, 0.29) is 11.6 Å². The molecule has 1 fully saturated rings. The molecule has 21 heavy (non-hydrogen) atoms. The molecule has 1 heterocycles. The summed E-state index contributed by atoms with van der Waals surface area (Å²) < 4.78 is 41.5. The number of anilines is 2. The minimum absolute atomic E-state index is 0.195. The van der Waals surface area contributed by atoms with Crippen molar-refractivity contribution in [3.05, 3.63) is 24.0 Å². The summed E-state index contributed by atoms with van der Waals surface area (Å²) in [7, 11) is -3.81. The van der Waals surface area contributed by atoms with Gasteiger partial charge in [0.15, 0.2) is 0 Å². The summed E-state index contributed by atoms with van der Waals surface area (Å²) in [4.78, 5) is 11.0. The van der Waals surface area contributed by atoms with Gasteiger partial charge in [0.2, 0.25) is 5.91 Å². The van der Waals surface area contributed by atoms with Crippen LogP contribution in [0.5, 0.6) is 0 Å². The van der Waals surface area contributed by atoms with E-state index in [1.807, 2.05) is 0 Å². The van der Waals surface area contributed by atoms with Gasteiger partial charge in [-0.05, 0) is 18.2 Å². The summed E-state index contributed by atoms with van der Waals surface area (Å²) in [6.45, 7) is 3.06. The topological polar surface area (TPSA) is 90.5 Å². The highest BCUT2D eigenvalue weighted by Gasteiger charge is 2.24. The Morgan fingerprint density at radius 3 is 2.62 bits per heavy atom. The quantitative estimate of drug-likeness (QED) is 0.747. The van der Waals surface area contributed by atoms with Gasteiger partial charge in [0, 0.05) is 38.8 Å². The van der Waals surface area contributed by atoms with E-state index in [1.54, 1.807) is 0 Å². The third-order valence-electron chi connectivity index (χ3n) is 2.94. The standard InChI is InChI=1S/C12H17FN4O3S/c1-9(18)15-10-2-3-11(13)12(8-10)16-21(19,20)17-6-4-14-5-7-17/h2-3,8,14,16H,4-7H2,1H3,(H,15,18). The fraction of sp³-hybridized carbons (Fsp3) is 0.417. The van der Waals surface area contributed by atoms with Crippen molar-refractivity contribution in [2.45, 2.75) is 6.92 Å². The van der Waals surface area contributed by atoms with Crippen molar-refractivity contribution in [1.29, 1.82) is 0 Å². The highest BCUT2D eigenvalue weighted by molar-refractivity contribution is 7.90. The number of hydrogen-bond acceptors (Lipinski definition) is 4. The van der Waals surface area contributed by atoms with E-state index >= 15 is 0 Å².